The summed E-state index contributed by atoms with van der Waals surface area (Å²) in [5.41, 5.74) is 0. The maximum atomic E-state index is 12.5. The number of primary sulfonamides is 1. The zero-order valence-electron chi connectivity index (χ0n) is 8.38. The van der Waals surface area contributed by atoms with Crippen LogP contribution in [0.1, 0.15) is 25.6 Å². The van der Waals surface area contributed by atoms with Crippen molar-refractivity contribution >= 4 is 10.0 Å². The Morgan fingerprint density at radius 2 is 1.80 bits per heavy atom. The van der Waals surface area contributed by atoms with Crippen molar-refractivity contribution in [2.24, 2.45) is 5.14 Å². The van der Waals surface area contributed by atoms with Gasteiger partial charge in [-0.2, -0.15) is 0 Å². The average molecular weight is 233 g/mol. The lowest BCUT2D eigenvalue weighted by molar-refractivity contribution is 0.559. The maximum absolute atomic E-state index is 12.5. The maximum Gasteiger partial charge on any atom is 0.212 e. The molecule has 5 nitrogen and oxygen atoms in total. The molecule has 2 N–H and O–H groups in total. The van der Waals surface area contributed by atoms with Gasteiger partial charge in [0.15, 0.2) is 5.82 Å². The van der Waals surface area contributed by atoms with Crippen molar-refractivity contribution in [1.82, 2.24) is 9.97 Å². The highest BCUT2D eigenvalue weighted by Gasteiger charge is 2.26. The number of nitrogens with two attached hydrogens (primary N) is 1. The van der Waals surface area contributed by atoms with Crippen molar-refractivity contribution in [2.45, 2.75) is 25.0 Å². The van der Waals surface area contributed by atoms with Gasteiger partial charge in [0, 0.05) is 5.92 Å². The van der Waals surface area contributed by atoms with E-state index in [0.717, 1.165) is 12.4 Å². The summed E-state index contributed by atoms with van der Waals surface area (Å²) < 4.78 is 34.6. The van der Waals surface area contributed by atoms with Gasteiger partial charge < -0.3 is 0 Å². The van der Waals surface area contributed by atoms with E-state index in [1.165, 1.54) is 6.92 Å². The predicted octanol–water partition coefficient (Wildman–Crippen LogP) is 0.396. The van der Waals surface area contributed by atoms with Crippen LogP contribution in [-0.4, -0.2) is 23.6 Å². The zero-order chi connectivity index (χ0) is 11.6. The molecule has 1 heterocycles. The normalized spacial score (nSPS) is 16.0. The molecule has 15 heavy (non-hydrogen) atoms. The van der Waals surface area contributed by atoms with Gasteiger partial charge in [-0.05, 0) is 6.92 Å². The van der Waals surface area contributed by atoms with Crippen LogP contribution in [0, 0.1) is 5.82 Å². The SMILES string of the molecule is CC(c1ncc(F)cn1)C(C)S(N)(=O)=O. The molecule has 0 amide bonds. The van der Waals surface area contributed by atoms with E-state index < -0.39 is 27.0 Å². The summed E-state index contributed by atoms with van der Waals surface area (Å²) in [6.07, 6.45) is 1.99. The van der Waals surface area contributed by atoms with E-state index in [-0.39, 0.29) is 5.82 Å². The standard InChI is InChI=1S/C8H12FN3O2S/c1-5(6(2)15(10,13)14)8-11-3-7(9)4-12-8/h3-6H,1-2H3,(H2,10,13,14). The molecule has 0 aliphatic carbocycles. The molecule has 2 atom stereocenters. The molecule has 7 heteroatoms. The van der Waals surface area contributed by atoms with Crippen LogP contribution in [-0.2, 0) is 10.0 Å². The van der Waals surface area contributed by atoms with Gasteiger partial charge in [-0.25, -0.2) is 27.9 Å². The molecule has 1 rings (SSSR count). The van der Waals surface area contributed by atoms with E-state index in [0.29, 0.717) is 0 Å². The monoisotopic (exact) mass is 233 g/mol. The van der Waals surface area contributed by atoms with Crippen LogP contribution < -0.4 is 5.14 Å². The summed E-state index contributed by atoms with van der Waals surface area (Å²) in [6.45, 7) is 3.09. The topological polar surface area (TPSA) is 85.9 Å². The molecule has 1 aromatic heterocycles. The predicted molar refractivity (Wildman–Crippen MR) is 53.0 cm³/mol. The third-order valence-electron chi connectivity index (χ3n) is 2.27. The molecule has 84 valence electrons. The van der Waals surface area contributed by atoms with Crippen molar-refractivity contribution in [2.75, 3.05) is 0 Å². The fraction of sp³-hybridized carbons (Fsp3) is 0.500. The van der Waals surface area contributed by atoms with Crippen LogP contribution in [0.5, 0.6) is 0 Å². The smallest absolute Gasteiger partial charge is 0.212 e. The number of aromatic nitrogens is 2. The van der Waals surface area contributed by atoms with E-state index in [4.69, 9.17) is 5.14 Å². The number of hydrogen-bond donors (Lipinski definition) is 1. The Hall–Kier alpha value is -1.08. The molecule has 0 fully saturated rings. The van der Waals surface area contributed by atoms with Gasteiger partial charge in [0.1, 0.15) is 5.82 Å². The van der Waals surface area contributed by atoms with Crippen molar-refractivity contribution in [1.29, 1.82) is 0 Å². The van der Waals surface area contributed by atoms with Gasteiger partial charge in [-0.1, -0.05) is 6.92 Å². The van der Waals surface area contributed by atoms with Crippen LogP contribution in [0.4, 0.5) is 4.39 Å². The van der Waals surface area contributed by atoms with Crippen molar-refractivity contribution < 1.29 is 12.8 Å². The highest BCUT2D eigenvalue weighted by Crippen LogP contribution is 2.18. The van der Waals surface area contributed by atoms with Gasteiger partial charge in [0.2, 0.25) is 10.0 Å². The molecule has 0 radical (unpaired) electrons. The first-order valence-electron chi connectivity index (χ1n) is 4.31. The van der Waals surface area contributed by atoms with E-state index in [2.05, 4.69) is 9.97 Å². The van der Waals surface area contributed by atoms with Gasteiger partial charge in [-0.15, -0.1) is 0 Å². The molecule has 0 aliphatic rings. The lowest BCUT2D eigenvalue weighted by Crippen LogP contribution is -2.31. The summed E-state index contributed by atoms with van der Waals surface area (Å²) >= 11 is 0. The first-order chi connectivity index (χ1) is 6.82. The minimum Gasteiger partial charge on any atom is -0.238 e. The highest BCUT2D eigenvalue weighted by molar-refractivity contribution is 7.89. The van der Waals surface area contributed by atoms with Crippen LogP contribution in [0.3, 0.4) is 0 Å². The number of nitrogens with zero attached hydrogens (tertiary/aromatic N) is 2. The quantitative estimate of drug-likeness (QED) is 0.818. The first kappa shape index (κ1) is 12.0. The molecule has 0 bridgehead atoms. The van der Waals surface area contributed by atoms with Crippen molar-refractivity contribution in [3.05, 3.63) is 24.0 Å². The van der Waals surface area contributed by atoms with E-state index in [9.17, 15) is 12.8 Å². The Morgan fingerprint density at radius 1 is 1.33 bits per heavy atom. The molecule has 0 spiro atoms. The average Bonchev–Trinajstić information content (AvgIpc) is 2.15. The minimum atomic E-state index is -3.63. The lowest BCUT2D eigenvalue weighted by Gasteiger charge is -2.15. The van der Waals surface area contributed by atoms with E-state index in [1.54, 1.807) is 6.92 Å². The molecule has 0 aliphatic heterocycles. The second-order valence-electron chi connectivity index (χ2n) is 3.34. The number of hydrogen-bond acceptors (Lipinski definition) is 4. The fourth-order valence-corrected chi connectivity index (χ4v) is 1.74. The Labute approximate surface area is 87.6 Å². The lowest BCUT2D eigenvalue weighted by atomic mass is 10.1. The Morgan fingerprint density at radius 3 is 2.20 bits per heavy atom. The van der Waals surface area contributed by atoms with Crippen molar-refractivity contribution in [3.63, 3.8) is 0 Å². The van der Waals surface area contributed by atoms with Crippen LogP contribution >= 0.6 is 0 Å². The number of sulfonamides is 1. The Kier molecular flexibility index (Phi) is 3.35. The summed E-state index contributed by atoms with van der Waals surface area (Å²) in [6, 6.07) is 0. The largest absolute Gasteiger partial charge is 0.238 e. The van der Waals surface area contributed by atoms with E-state index >= 15 is 0 Å². The van der Waals surface area contributed by atoms with Gasteiger partial charge in [-0.3, -0.25) is 0 Å². The summed E-state index contributed by atoms with van der Waals surface area (Å²) in [7, 11) is -3.63. The molecular formula is C8H12FN3O2S. The van der Waals surface area contributed by atoms with Crippen LogP contribution in [0.15, 0.2) is 12.4 Å². The third kappa shape index (κ3) is 2.93. The van der Waals surface area contributed by atoms with Crippen LogP contribution in [0.25, 0.3) is 0 Å². The summed E-state index contributed by atoms with van der Waals surface area (Å²) in [4.78, 5) is 7.41. The molecule has 0 aromatic carbocycles. The summed E-state index contributed by atoms with van der Waals surface area (Å²) in [5.74, 6) is -0.771. The minimum absolute atomic E-state index is 0.262. The highest BCUT2D eigenvalue weighted by atomic mass is 32.2. The molecule has 1 aromatic rings. The Bertz CT molecular complexity index is 432. The van der Waals surface area contributed by atoms with Crippen molar-refractivity contribution in [3.8, 4) is 0 Å². The van der Waals surface area contributed by atoms with Gasteiger partial charge in [0.25, 0.3) is 0 Å². The fourth-order valence-electron chi connectivity index (χ4n) is 1.05. The zero-order valence-corrected chi connectivity index (χ0v) is 9.20. The summed E-state index contributed by atoms with van der Waals surface area (Å²) in [5, 5.41) is 4.19. The van der Waals surface area contributed by atoms with Gasteiger partial charge in [0.05, 0.1) is 17.6 Å². The van der Waals surface area contributed by atoms with Gasteiger partial charge >= 0.3 is 0 Å². The molecule has 2 unspecified atom stereocenters. The van der Waals surface area contributed by atoms with Crippen LogP contribution in [0.2, 0.25) is 0 Å². The second kappa shape index (κ2) is 4.19. The van der Waals surface area contributed by atoms with E-state index in [1.807, 2.05) is 0 Å². The first-order valence-corrected chi connectivity index (χ1v) is 5.92. The Balaban J connectivity index is 2.95. The second-order valence-corrected chi connectivity index (χ2v) is 5.26. The number of halogens is 1. The molecule has 0 saturated carbocycles. The molecule has 0 saturated heterocycles. The molecular weight excluding hydrogens is 221 g/mol. The third-order valence-corrected chi connectivity index (χ3v) is 3.71. The number of rotatable bonds is 3.